The molecule has 0 aliphatic carbocycles. The molecule has 2 aromatic carbocycles. The lowest BCUT2D eigenvalue weighted by Gasteiger charge is -2.07. The Labute approximate surface area is 128 Å². The number of fused-ring (bicyclic) bond motifs is 3. The van der Waals surface area contributed by atoms with Crippen LogP contribution >= 0.6 is 0 Å². The van der Waals surface area contributed by atoms with Crippen LogP contribution in [-0.4, -0.2) is 14.7 Å². The first-order chi connectivity index (χ1) is 10.8. The van der Waals surface area contributed by atoms with Gasteiger partial charge in [-0.15, -0.1) is 0 Å². The Morgan fingerprint density at radius 2 is 1.68 bits per heavy atom. The fourth-order valence-electron chi connectivity index (χ4n) is 3.01. The lowest BCUT2D eigenvalue weighted by molar-refractivity contribution is 0.473. The molecule has 22 heavy (non-hydrogen) atoms. The van der Waals surface area contributed by atoms with Gasteiger partial charge < -0.3 is 9.67 Å². The van der Waals surface area contributed by atoms with Crippen LogP contribution < -0.4 is 0 Å². The molecule has 0 saturated carbocycles. The number of rotatable bonds is 2. The van der Waals surface area contributed by atoms with Crippen molar-refractivity contribution in [1.82, 2.24) is 9.55 Å². The van der Waals surface area contributed by atoms with Crippen molar-refractivity contribution in [3.63, 3.8) is 0 Å². The number of aromatic nitrogens is 2. The van der Waals surface area contributed by atoms with Crippen molar-refractivity contribution < 1.29 is 5.11 Å². The van der Waals surface area contributed by atoms with Gasteiger partial charge in [-0.3, -0.25) is 4.98 Å². The summed E-state index contributed by atoms with van der Waals surface area (Å²) < 4.78 is 2.13. The largest absolute Gasteiger partial charge is 0.505 e. The number of benzene rings is 2. The highest BCUT2D eigenvalue weighted by molar-refractivity contribution is 6.12. The van der Waals surface area contributed by atoms with Crippen LogP contribution in [0.2, 0.25) is 0 Å². The van der Waals surface area contributed by atoms with Gasteiger partial charge in [-0.1, -0.05) is 36.4 Å². The summed E-state index contributed by atoms with van der Waals surface area (Å²) >= 11 is 0. The van der Waals surface area contributed by atoms with E-state index in [0.717, 1.165) is 27.5 Å². The zero-order chi connectivity index (χ0) is 15.1. The minimum atomic E-state index is 0.235. The Hall–Kier alpha value is -2.81. The van der Waals surface area contributed by atoms with Crippen LogP contribution in [0.3, 0.4) is 0 Å². The standard InChI is InChI=1S/C19H15N2O/c1-2-15-19(22)18-14-10-6-7-11-16(14)21(17(18)12-20-15)13-8-4-3-5-9-13/h3-12,22H,1-2H2. The van der Waals surface area contributed by atoms with E-state index in [9.17, 15) is 5.11 Å². The van der Waals surface area contributed by atoms with Crippen LogP contribution in [0, 0.1) is 6.92 Å². The van der Waals surface area contributed by atoms with Crippen LogP contribution in [0.4, 0.5) is 0 Å². The predicted octanol–water partition coefficient (Wildman–Crippen LogP) is 4.26. The molecule has 0 spiro atoms. The normalized spacial score (nSPS) is 11.3. The van der Waals surface area contributed by atoms with Gasteiger partial charge in [0.15, 0.2) is 0 Å². The number of hydrogen-bond donors (Lipinski definition) is 1. The molecule has 0 fully saturated rings. The zero-order valence-corrected chi connectivity index (χ0v) is 12.0. The Morgan fingerprint density at radius 1 is 0.955 bits per heavy atom. The van der Waals surface area contributed by atoms with E-state index in [2.05, 4.69) is 34.7 Å². The number of aromatic hydroxyl groups is 1. The van der Waals surface area contributed by atoms with Gasteiger partial charge >= 0.3 is 0 Å². The van der Waals surface area contributed by atoms with E-state index in [4.69, 9.17) is 0 Å². The van der Waals surface area contributed by atoms with Gasteiger partial charge in [0.25, 0.3) is 0 Å². The highest BCUT2D eigenvalue weighted by Gasteiger charge is 2.17. The average molecular weight is 287 g/mol. The van der Waals surface area contributed by atoms with E-state index in [1.807, 2.05) is 42.6 Å². The zero-order valence-electron chi connectivity index (χ0n) is 12.0. The average Bonchev–Trinajstić information content (AvgIpc) is 2.91. The van der Waals surface area contributed by atoms with E-state index in [1.54, 1.807) is 0 Å². The van der Waals surface area contributed by atoms with Gasteiger partial charge in [-0.25, -0.2) is 0 Å². The maximum Gasteiger partial charge on any atom is 0.147 e. The van der Waals surface area contributed by atoms with Gasteiger partial charge in [0.05, 0.1) is 28.3 Å². The summed E-state index contributed by atoms with van der Waals surface area (Å²) in [6.07, 6.45) is 2.29. The summed E-state index contributed by atoms with van der Waals surface area (Å²) in [5, 5.41) is 12.5. The Bertz CT molecular complexity index is 971. The molecule has 1 radical (unpaired) electrons. The Kier molecular flexibility index (Phi) is 2.86. The second-order valence-corrected chi connectivity index (χ2v) is 5.25. The van der Waals surface area contributed by atoms with Gasteiger partial charge in [-0.05, 0) is 31.5 Å². The quantitative estimate of drug-likeness (QED) is 0.598. The van der Waals surface area contributed by atoms with E-state index in [1.165, 1.54) is 0 Å². The van der Waals surface area contributed by atoms with Crippen molar-refractivity contribution in [2.24, 2.45) is 0 Å². The summed E-state index contributed by atoms with van der Waals surface area (Å²) in [6.45, 7) is 3.84. The molecule has 2 heterocycles. The molecule has 4 aromatic rings. The first kappa shape index (κ1) is 12.9. The molecular weight excluding hydrogens is 272 g/mol. The highest BCUT2D eigenvalue weighted by atomic mass is 16.3. The molecule has 0 aliphatic rings. The topological polar surface area (TPSA) is 38.1 Å². The maximum atomic E-state index is 10.6. The minimum absolute atomic E-state index is 0.235. The molecule has 2 aromatic heterocycles. The molecule has 1 N–H and O–H groups in total. The summed E-state index contributed by atoms with van der Waals surface area (Å²) in [7, 11) is 0. The molecule has 107 valence electrons. The van der Waals surface area contributed by atoms with Crippen molar-refractivity contribution in [2.45, 2.75) is 6.42 Å². The van der Waals surface area contributed by atoms with Crippen LogP contribution in [0.1, 0.15) is 5.69 Å². The third kappa shape index (κ3) is 1.72. The SMILES string of the molecule is [CH2]Cc1ncc2c(c1O)c1ccccc1n2-c1ccccc1. The highest BCUT2D eigenvalue weighted by Crippen LogP contribution is 2.37. The summed E-state index contributed by atoms with van der Waals surface area (Å²) in [5.41, 5.74) is 3.64. The molecule has 4 rings (SSSR count). The molecule has 0 atom stereocenters. The van der Waals surface area contributed by atoms with Crippen molar-refractivity contribution in [1.29, 1.82) is 0 Å². The van der Waals surface area contributed by atoms with E-state index in [-0.39, 0.29) is 5.75 Å². The number of pyridine rings is 1. The molecule has 0 bridgehead atoms. The van der Waals surface area contributed by atoms with E-state index < -0.39 is 0 Å². The molecular formula is C19H15N2O. The molecule has 0 saturated heterocycles. The summed E-state index contributed by atoms with van der Waals surface area (Å²) in [6, 6.07) is 18.2. The number of nitrogens with zero attached hydrogens (tertiary/aromatic N) is 2. The van der Waals surface area contributed by atoms with Crippen molar-refractivity contribution in [2.75, 3.05) is 0 Å². The first-order valence-electron chi connectivity index (χ1n) is 7.26. The van der Waals surface area contributed by atoms with Gasteiger partial charge in [0.1, 0.15) is 5.75 Å². The maximum absolute atomic E-state index is 10.6. The second kappa shape index (κ2) is 4.88. The van der Waals surface area contributed by atoms with E-state index >= 15 is 0 Å². The van der Waals surface area contributed by atoms with Crippen molar-refractivity contribution >= 4 is 21.8 Å². The Morgan fingerprint density at radius 3 is 2.45 bits per heavy atom. The third-order valence-electron chi connectivity index (χ3n) is 4.02. The van der Waals surface area contributed by atoms with Crippen molar-refractivity contribution in [3.05, 3.63) is 73.4 Å². The number of para-hydroxylation sites is 2. The third-order valence-corrected chi connectivity index (χ3v) is 4.02. The molecule has 0 amide bonds. The molecule has 0 unspecified atom stereocenters. The molecule has 3 heteroatoms. The van der Waals surface area contributed by atoms with Crippen LogP contribution in [-0.2, 0) is 6.42 Å². The summed E-state index contributed by atoms with van der Waals surface area (Å²) in [5.74, 6) is 0.235. The van der Waals surface area contributed by atoms with Gasteiger partial charge in [0.2, 0.25) is 0 Å². The summed E-state index contributed by atoms with van der Waals surface area (Å²) in [4.78, 5) is 4.37. The van der Waals surface area contributed by atoms with Crippen LogP contribution in [0.25, 0.3) is 27.5 Å². The van der Waals surface area contributed by atoms with E-state index in [0.29, 0.717) is 12.1 Å². The smallest absolute Gasteiger partial charge is 0.147 e. The van der Waals surface area contributed by atoms with Crippen LogP contribution in [0.15, 0.2) is 60.8 Å². The molecule has 3 nitrogen and oxygen atoms in total. The second-order valence-electron chi connectivity index (χ2n) is 5.25. The lowest BCUT2D eigenvalue weighted by atomic mass is 10.1. The Balaban J connectivity index is 2.22. The minimum Gasteiger partial charge on any atom is -0.505 e. The van der Waals surface area contributed by atoms with Crippen molar-refractivity contribution in [3.8, 4) is 11.4 Å². The van der Waals surface area contributed by atoms with Crippen LogP contribution in [0.5, 0.6) is 5.75 Å². The number of hydrogen-bond acceptors (Lipinski definition) is 2. The lowest BCUT2D eigenvalue weighted by Crippen LogP contribution is -1.94. The molecule has 0 aliphatic heterocycles. The fourth-order valence-corrected chi connectivity index (χ4v) is 3.01. The van der Waals surface area contributed by atoms with Gasteiger partial charge in [0, 0.05) is 11.1 Å². The van der Waals surface area contributed by atoms with Gasteiger partial charge in [-0.2, -0.15) is 0 Å². The monoisotopic (exact) mass is 287 g/mol. The predicted molar refractivity (Wildman–Crippen MR) is 89.3 cm³/mol. The first-order valence-corrected chi connectivity index (χ1v) is 7.26. The fraction of sp³-hybridized carbons (Fsp3) is 0.0526.